The second kappa shape index (κ2) is 9.27. The molecule has 0 spiro atoms. The van der Waals surface area contributed by atoms with E-state index in [9.17, 15) is 50.4 Å². The van der Waals surface area contributed by atoms with Crippen LogP contribution in [0.25, 0.3) is 33.4 Å². The van der Waals surface area contributed by atoms with Gasteiger partial charge in [0.1, 0.15) is 57.1 Å². The molecule has 0 radical (unpaired) electrons. The molecule has 0 unspecified atom stereocenters. The van der Waals surface area contributed by atoms with Crippen LogP contribution in [0.1, 0.15) is 28.4 Å². The first-order valence-corrected chi connectivity index (χ1v) is 12.3. The van der Waals surface area contributed by atoms with Crippen LogP contribution in [0.2, 0.25) is 0 Å². The monoisotopic (exact) mass is 572 g/mol. The number of hydrogen-bond acceptors (Lipinski definition) is 12. The van der Waals surface area contributed by atoms with Gasteiger partial charge >= 0.3 is 0 Å². The average Bonchev–Trinajstić information content (AvgIpc) is 2.91. The van der Waals surface area contributed by atoms with E-state index in [1.165, 1.54) is 24.3 Å². The summed E-state index contributed by atoms with van der Waals surface area (Å²) < 4.78 is 11.5. The van der Waals surface area contributed by atoms with Gasteiger partial charge in [-0.05, 0) is 29.8 Å². The van der Waals surface area contributed by atoms with Gasteiger partial charge in [-0.15, -0.1) is 0 Å². The number of rotatable bonds is 3. The summed E-state index contributed by atoms with van der Waals surface area (Å²) in [7, 11) is 0. The van der Waals surface area contributed by atoms with Crippen molar-refractivity contribution >= 4 is 16.8 Å². The lowest BCUT2D eigenvalue weighted by molar-refractivity contribution is 0.0844. The summed E-state index contributed by atoms with van der Waals surface area (Å²) in [5, 5.41) is 82.3. The van der Waals surface area contributed by atoms with E-state index in [-0.39, 0.29) is 57.1 Å². The van der Waals surface area contributed by atoms with Crippen molar-refractivity contribution in [2.75, 3.05) is 0 Å². The Balaban J connectivity index is 1.48. The summed E-state index contributed by atoms with van der Waals surface area (Å²) in [5.74, 6) is -5.56. The van der Waals surface area contributed by atoms with Gasteiger partial charge < -0.3 is 50.0 Å². The number of phenols is 8. The fourth-order valence-corrected chi connectivity index (χ4v) is 5.00. The Morgan fingerprint density at radius 1 is 0.667 bits per heavy atom. The Morgan fingerprint density at radius 2 is 1.43 bits per heavy atom. The minimum absolute atomic E-state index is 0.00608. The first kappa shape index (κ1) is 26.2. The van der Waals surface area contributed by atoms with E-state index in [0.29, 0.717) is 5.56 Å². The van der Waals surface area contributed by atoms with E-state index in [4.69, 9.17) is 9.15 Å². The summed E-state index contributed by atoms with van der Waals surface area (Å²) >= 11 is 0. The zero-order chi connectivity index (χ0) is 30.0. The second-order valence-electron chi connectivity index (χ2n) is 9.68. The lowest BCUT2D eigenvalue weighted by atomic mass is 9.90. The normalized spacial score (nSPS) is 14.5. The van der Waals surface area contributed by atoms with Crippen LogP contribution in [0.4, 0.5) is 0 Å². The quantitative estimate of drug-likeness (QED) is 0.140. The van der Waals surface area contributed by atoms with Crippen molar-refractivity contribution in [2.24, 2.45) is 0 Å². The summed E-state index contributed by atoms with van der Waals surface area (Å²) in [6.07, 6.45) is -1.20. The van der Waals surface area contributed by atoms with Crippen molar-refractivity contribution < 1.29 is 54.8 Å². The Kier molecular flexibility index (Phi) is 5.78. The third-order valence-electron chi connectivity index (χ3n) is 6.97. The molecular weight excluding hydrogens is 552 g/mol. The number of Topliss-reactive ketones (excluding diaryl/α,β-unsaturated/α-hetero) is 1. The third kappa shape index (κ3) is 4.09. The molecule has 12 heteroatoms. The molecule has 0 bridgehead atoms. The van der Waals surface area contributed by atoms with Crippen LogP contribution in [-0.4, -0.2) is 46.6 Å². The van der Waals surface area contributed by atoms with E-state index in [1.807, 2.05) is 0 Å². The second-order valence-corrected chi connectivity index (χ2v) is 9.68. The number of fused-ring (bicyclic) bond motifs is 2. The predicted molar refractivity (Wildman–Crippen MR) is 145 cm³/mol. The van der Waals surface area contributed by atoms with Crippen molar-refractivity contribution in [3.63, 3.8) is 0 Å². The van der Waals surface area contributed by atoms with Crippen LogP contribution < -0.4 is 10.2 Å². The summed E-state index contributed by atoms with van der Waals surface area (Å²) in [4.78, 5) is 25.9. The average molecular weight is 572 g/mol. The maximum absolute atomic E-state index is 13.2. The van der Waals surface area contributed by atoms with Crippen LogP contribution in [0.15, 0.2) is 63.8 Å². The van der Waals surface area contributed by atoms with Gasteiger partial charge in [-0.1, -0.05) is 6.07 Å². The van der Waals surface area contributed by atoms with E-state index in [2.05, 4.69) is 0 Å². The zero-order valence-corrected chi connectivity index (χ0v) is 21.2. The van der Waals surface area contributed by atoms with Crippen molar-refractivity contribution in [2.45, 2.75) is 12.5 Å². The van der Waals surface area contributed by atoms with Crippen LogP contribution in [-0.2, 0) is 0 Å². The van der Waals surface area contributed by atoms with Crippen LogP contribution in [0, 0.1) is 0 Å². The van der Waals surface area contributed by atoms with Gasteiger partial charge in [-0.3, -0.25) is 9.59 Å². The molecule has 8 N–H and O–H groups in total. The standard InChI is InChI=1S/C30H20O12/c31-13-6-17(34)27-19(36)8-23(42-24(27)7-13)12-3-14(29(39)21(38)5-12)26-18(35)10-25-28(30(26)40)20(37)9-22(41-25)11-1-2-15(32)16(33)4-11/h1-8,10,22,31-35,38-40H,9H2/t22-/m1/s1. The van der Waals surface area contributed by atoms with Gasteiger partial charge in [0, 0.05) is 35.4 Å². The number of benzene rings is 4. The highest BCUT2D eigenvalue weighted by atomic mass is 16.5. The fraction of sp³-hybridized carbons (Fsp3) is 0.0667. The highest BCUT2D eigenvalue weighted by Crippen LogP contribution is 2.52. The Morgan fingerprint density at radius 3 is 2.17 bits per heavy atom. The van der Waals surface area contributed by atoms with Gasteiger partial charge in [0.05, 0.1) is 12.0 Å². The number of aromatic hydroxyl groups is 8. The summed E-state index contributed by atoms with van der Waals surface area (Å²) in [6, 6.07) is 10.2. The molecule has 1 atom stereocenters. The highest BCUT2D eigenvalue weighted by Gasteiger charge is 2.34. The largest absolute Gasteiger partial charge is 0.508 e. The van der Waals surface area contributed by atoms with Crippen molar-refractivity contribution in [1.82, 2.24) is 0 Å². The molecule has 0 amide bonds. The zero-order valence-electron chi connectivity index (χ0n) is 21.2. The summed E-state index contributed by atoms with van der Waals surface area (Å²) in [6.45, 7) is 0. The molecule has 6 rings (SSSR count). The van der Waals surface area contributed by atoms with Crippen LogP contribution in [0.5, 0.6) is 51.7 Å². The predicted octanol–water partition coefficient (Wildman–Crippen LogP) is 4.48. The SMILES string of the molecule is O=C1C[C@H](c2ccc(O)c(O)c2)Oc2cc(O)c(-c3cc(-c4cc(=O)c5c(O)cc(O)cc5o4)cc(O)c3O)c(O)c21. The molecule has 4 aromatic carbocycles. The van der Waals surface area contributed by atoms with Gasteiger partial charge in [0.2, 0.25) is 0 Å². The smallest absolute Gasteiger partial charge is 0.197 e. The first-order valence-electron chi connectivity index (χ1n) is 12.3. The minimum atomic E-state index is -0.920. The van der Waals surface area contributed by atoms with E-state index in [0.717, 1.165) is 30.3 Å². The van der Waals surface area contributed by atoms with Gasteiger partial charge in [0.15, 0.2) is 34.2 Å². The Labute approximate surface area is 234 Å². The molecule has 212 valence electrons. The molecule has 0 saturated heterocycles. The topological polar surface area (TPSA) is 218 Å². The fourth-order valence-electron chi connectivity index (χ4n) is 5.00. The van der Waals surface area contributed by atoms with Gasteiger partial charge in [-0.25, -0.2) is 0 Å². The molecule has 0 saturated carbocycles. The highest BCUT2D eigenvalue weighted by molar-refractivity contribution is 6.06. The molecular formula is C30H20O12. The molecule has 1 aliphatic heterocycles. The molecule has 0 aliphatic carbocycles. The molecule has 1 aliphatic rings. The van der Waals surface area contributed by atoms with Crippen molar-refractivity contribution in [1.29, 1.82) is 0 Å². The number of carbonyl (C=O) groups excluding carboxylic acids is 1. The number of phenolic OH excluding ortho intramolecular Hbond substituents is 8. The molecule has 1 aromatic heterocycles. The molecule has 2 heterocycles. The number of hydrogen-bond donors (Lipinski definition) is 8. The molecule has 42 heavy (non-hydrogen) atoms. The first-order chi connectivity index (χ1) is 19.9. The van der Waals surface area contributed by atoms with Crippen molar-refractivity contribution in [3.8, 4) is 74.2 Å². The minimum Gasteiger partial charge on any atom is -0.508 e. The van der Waals surface area contributed by atoms with Gasteiger partial charge in [-0.2, -0.15) is 0 Å². The molecule has 12 nitrogen and oxygen atoms in total. The number of ether oxygens (including phenoxy) is 1. The maximum atomic E-state index is 13.2. The van der Waals surface area contributed by atoms with Crippen molar-refractivity contribution in [3.05, 3.63) is 75.9 Å². The van der Waals surface area contributed by atoms with E-state index < -0.39 is 57.4 Å². The van der Waals surface area contributed by atoms with E-state index in [1.54, 1.807) is 0 Å². The van der Waals surface area contributed by atoms with Crippen LogP contribution >= 0.6 is 0 Å². The van der Waals surface area contributed by atoms with E-state index >= 15 is 0 Å². The summed E-state index contributed by atoms with van der Waals surface area (Å²) in [5.41, 5.74) is -1.59. The Hall–Kier alpha value is -6.04. The van der Waals surface area contributed by atoms with Gasteiger partial charge in [0.25, 0.3) is 0 Å². The number of carbonyl (C=O) groups is 1. The number of ketones is 1. The maximum Gasteiger partial charge on any atom is 0.197 e. The lowest BCUT2D eigenvalue weighted by Crippen LogP contribution is -2.20. The third-order valence-corrected chi connectivity index (χ3v) is 6.97. The Bertz CT molecular complexity index is 2020. The van der Waals surface area contributed by atoms with Crippen LogP contribution in [0.3, 0.4) is 0 Å². The molecule has 0 fully saturated rings. The lowest BCUT2D eigenvalue weighted by Gasteiger charge is -2.27. The molecule has 5 aromatic rings.